The summed E-state index contributed by atoms with van der Waals surface area (Å²) in [5.74, 6) is 0. The number of hydrogen-bond donors (Lipinski definition) is 2. The van der Waals surface area contributed by atoms with Crippen molar-refractivity contribution in [1.29, 1.82) is 0 Å². The summed E-state index contributed by atoms with van der Waals surface area (Å²) in [7, 11) is 0. The molecule has 0 saturated carbocycles. The minimum atomic E-state index is -1.14. The molecule has 2 nitrogen and oxygen atoms in total. The van der Waals surface area contributed by atoms with Crippen LogP contribution in [0.1, 0.15) is 35.1 Å². The van der Waals surface area contributed by atoms with Crippen LogP contribution in [0, 0.1) is 0 Å². The summed E-state index contributed by atoms with van der Waals surface area (Å²) in [6.45, 7) is 0. The fourth-order valence-electron chi connectivity index (χ4n) is 4.17. The molecule has 0 aliphatic heterocycles. The van der Waals surface area contributed by atoms with Crippen LogP contribution in [0.5, 0.6) is 0 Å². The van der Waals surface area contributed by atoms with E-state index in [4.69, 9.17) is 0 Å². The zero-order valence-corrected chi connectivity index (χ0v) is 18.0. The molecule has 32 heavy (non-hydrogen) atoms. The second-order valence-corrected chi connectivity index (χ2v) is 8.06. The molecule has 4 aromatic rings. The van der Waals surface area contributed by atoms with E-state index in [0.717, 1.165) is 22.3 Å². The number of benzene rings is 4. The Balaban J connectivity index is 1.62. The van der Waals surface area contributed by atoms with Gasteiger partial charge >= 0.3 is 0 Å². The zero-order valence-electron chi connectivity index (χ0n) is 18.0. The fraction of sp³-hybridized carbons (Fsp3) is 0.133. The highest BCUT2D eigenvalue weighted by molar-refractivity contribution is 5.38. The van der Waals surface area contributed by atoms with Crippen LogP contribution in [0.3, 0.4) is 0 Å². The second-order valence-electron chi connectivity index (χ2n) is 8.06. The fourth-order valence-corrected chi connectivity index (χ4v) is 4.17. The molecule has 4 rings (SSSR count). The van der Waals surface area contributed by atoms with Crippen molar-refractivity contribution in [2.45, 2.75) is 24.0 Å². The van der Waals surface area contributed by atoms with E-state index in [-0.39, 0.29) is 0 Å². The molecule has 0 aliphatic carbocycles. The molecule has 0 amide bonds. The third kappa shape index (κ3) is 4.57. The Labute approximate surface area is 190 Å². The van der Waals surface area contributed by atoms with Crippen LogP contribution in [0.25, 0.3) is 0 Å². The Hall–Kier alpha value is -3.46. The maximum absolute atomic E-state index is 11.7. The van der Waals surface area contributed by atoms with Gasteiger partial charge in [0, 0.05) is 12.8 Å². The third-order valence-electron chi connectivity index (χ3n) is 6.00. The molecule has 0 unspecified atom stereocenters. The summed E-state index contributed by atoms with van der Waals surface area (Å²) in [4.78, 5) is 0. The Bertz CT molecular complexity index is 949. The molecule has 0 aliphatic rings. The van der Waals surface area contributed by atoms with Crippen LogP contribution in [-0.2, 0) is 11.2 Å². The molecule has 0 bridgehead atoms. The second kappa shape index (κ2) is 9.78. The van der Waals surface area contributed by atoms with Gasteiger partial charge in [0.25, 0.3) is 0 Å². The van der Waals surface area contributed by atoms with Gasteiger partial charge in [-0.15, -0.1) is 0 Å². The highest BCUT2D eigenvalue weighted by Gasteiger charge is 2.32. The first kappa shape index (κ1) is 21.8. The number of rotatable bonds is 8. The third-order valence-corrected chi connectivity index (χ3v) is 6.00. The minimum Gasteiger partial charge on any atom is -0.380 e. The van der Waals surface area contributed by atoms with Gasteiger partial charge in [0.05, 0.1) is 0 Å². The van der Waals surface area contributed by atoms with E-state index < -0.39 is 11.2 Å². The van der Waals surface area contributed by atoms with Crippen molar-refractivity contribution in [3.05, 3.63) is 156 Å². The molecule has 0 atom stereocenters. The van der Waals surface area contributed by atoms with Crippen LogP contribution in [0.15, 0.2) is 133 Å². The van der Waals surface area contributed by atoms with Gasteiger partial charge in [0.15, 0.2) is 0 Å². The standard InChI is InChI=1S/C30H28O2/c31-29(25-15-5-1-6-16-25,26-17-7-2-8-18-26)23-13-14-24-30(32,27-19-9-3-10-20-27)28-21-11-4-12-22-28/h1-22,31-32H,23-24H2/b14-13-. The van der Waals surface area contributed by atoms with Crippen LogP contribution in [0.2, 0.25) is 0 Å². The molecule has 0 fully saturated rings. The van der Waals surface area contributed by atoms with Gasteiger partial charge in [0.2, 0.25) is 0 Å². The normalized spacial score (nSPS) is 12.2. The van der Waals surface area contributed by atoms with Gasteiger partial charge in [0.1, 0.15) is 11.2 Å². The van der Waals surface area contributed by atoms with Gasteiger partial charge in [-0.05, 0) is 22.3 Å². The van der Waals surface area contributed by atoms with Gasteiger partial charge in [-0.3, -0.25) is 0 Å². The van der Waals surface area contributed by atoms with Crippen molar-refractivity contribution in [3.8, 4) is 0 Å². The van der Waals surface area contributed by atoms with Crippen LogP contribution < -0.4 is 0 Å². The lowest BCUT2D eigenvalue weighted by molar-refractivity contribution is 0.0795. The molecule has 0 spiro atoms. The first-order valence-electron chi connectivity index (χ1n) is 10.9. The maximum Gasteiger partial charge on any atom is 0.118 e. The van der Waals surface area contributed by atoms with E-state index >= 15 is 0 Å². The Morgan fingerprint density at radius 1 is 0.406 bits per heavy atom. The lowest BCUT2D eigenvalue weighted by atomic mass is 9.81. The Morgan fingerprint density at radius 2 is 0.625 bits per heavy atom. The summed E-state index contributed by atoms with van der Waals surface area (Å²) in [5.41, 5.74) is 1.09. The molecule has 0 radical (unpaired) electrons. The molecule has 0 saturated heterocycles. The van der Waals surface area contributed by atoms with Gasteiger partial charge in [-0.25, -0.2) is 0 Å². The summed E-state index contributed by atoms with van der Waals surface area (Å²) >= 11 is 0. The van der Waals surface area contributed by atoms with Crippen LogP contribution >= 0.6 is 0 Å². The molecule has 160 valence electrons. The zero-order chi connectivity index (χ0) is 22.3. The smallest absolute Gasteiger partial charge is 0.118 e. The van der Waals surface area contributed by atoms with E-state index in [1.165, 1.54) is 0 Å². The van der Waals surface area contributed by atoms with Crippen LogP contribution in [0.4, 0.5) is 0 Å². The van der Waals surface area contributed by atoms with E-state index in [0.29, 0.717) is 12.8 Å². The Kier molecular flexibility index (Phi) is 6.65. The molecule has 2 N–H and O–H groups in total. The predicted octanol–water partition coefficient (Wildman–Crippen LogP) is 6.20. The van der Waals surface area contributed by atoms with E-state index in [1.54, 1.807) is 0 Å². The summed E-state index contributed by atoms with van der Waals surface area (Å²) in [5, 5.41) is 23.4. The lowest BCUT2D eigenvalue weighted by Crippen LogP contribution is -2.27. The van der Waals surface area contributed by atoms with Gasteiger partial charge in [-0.2, -0.15) is 0 Å². The first-order valence-corrected chi connectivity index (χ1v) is 10.9. The SMILES string of the molecule is OC(C/C=C\CC(O)(c1ccccc1)c1ccccc1)(c1ccccc1)c1ccccc1. The van der Waals surface area contributed by atoms with Crippen molar-refractivity contribution < 1.29 is 10.2 Å². The van der Waals surface area contributed by atoms with E-state index in [1.807, 2.05) is 133 Å². The summed E-state index contributed by atoms with van der Waals surface area (Å²) in [6, 6.07) is 38.9. The minimum absolute atomic E-state index is 0.403. The average Bonchev–Trinajstić information content (AvgIpc) is 2.88. The molecule has 4 aromatic carbocycles. The number of aliphatic hydroxyl groups is 2. The monoisotopic (exact) mass is 420 g/mol. The van der Waals surface area contributed by atoms with Crippen LogP contribution in [-0.4, -0.2) is 10.2 Å². The molecule has 2 heteroatoms. The lowest BCUT2D eigenvalue weighted by Gasteiger charge is -2.30. The van der Waals surface area contributed by atoms with Crippen molar-refractivity contribution in [1.82, 2.24) is 0 Å². The average molecular weight is 421 g/mol. The number of hydrogen-bond acceptors (Lipinski definition) is 2. The predicted molar refractivity (Wildman–Crippen MR) is 130 cm³/mol. The van der Waals surface area contributed by atoms with E-state index in [2.05, 4.69) is 0 Å². The highest BCUT2D eigenvalue weighted by atomic mass is 16.3. The van der Waals surface area contributed by atoms with E-state index in [9.17, 15) is 10.2 Å². The van der Waals surface area contributed by atoms with Crippen molar-refractivity contribution in [2.24, 2.45) is 0 Å². The van der Waals surface area contributed by atoms with Crippen molar-refractivity contribution >= 4 is 0 Å². The molecule has 0 heterocycles. The molecular formula is C30H28O2. The van der Waals surface area contributed by atoms with Crippen molar-refractivity contribution in [2.75, 3.05) is 0 Å². The molecular weight excluding hydrogens is 392 g/mol. The largest absolute Gasteiger partial charge is 0.380 e. The summed E-state index contributed by atoms with van der Waals surface area (Å²) in [6.07, 6.45) is 4.75. The first-order chi connectivity index (χ1) is 15.6. The van der Waals surface area contributed by atoms with Gasteiger partial charge < -0.3 is 10.2 Å². The Morgan fingerprint density at radius 3 is 0.844 bits per heavy atom. The quantitative estimate of drug-likeness (QED) is 0.333. The topological polar surface area (TPSA) is 40.5 Å². The maximum atomic E-state index is 11.7. The summed E-state index contributed by atoms with van der Waals surface area (Å²) < 4.78 is 0. The molecule has 0 aromatic heterocycles. The highest BCUT2D eigenvalue weighted by Crippen LogP contribution is 2.35. The van der Waals surface area contributed by atoms with Crippen molar-refractivity contribution in [3.63, 3.8) is 0 Å². The van der Waals surface area contributed by atoms with Gasteiger partial charge in [-0.1, -0.05) is 133 Å².